The Morgan fingerprint density at radius 3 is 2.58 bits per heavy atom. The van der Waals surface area contributed by atoms with Gasteiger partial charge in [-0.25, -0.2) is 8.42 Å². The average Bonchev–Trinajstić information content (AvgIpc) is 3.31. The number of hydrazine groups is 1. The molecule has 0 atom stereocenters. The first kappa shape index (κ1) is 24.0. The standard InChI is InChI=1S/C21H24N6O5S/c1-3-27(4-2)33(30,31)17-9-5-7-15(13-17)21(29)25-24-18(28)10-11-19-23-20(26-32-19)16-8-6-12-22-14-16/h5-9,12-14H,3-4,10-11H2,1-2H3,(H,24,28)(H,25,29). The van der Waals surface area contributed by atoms with Crippen molar-refractivity contribution in [3.63, 3.8) is 0 Å². The quantitative estimate of drug-likeness (QED) is 0.446. The molecular formula is C21H24N6O5S. The number of nitrogens with zero attached hydrogens (tertiary/aromatic N) is 4. The van der Waals surface area contributed by atoms with Crippen LogP contribution in [0.2, 0.25) is 0 Å². The summed E-state index contributed by atoms with van der Waals surface area (Å²) < 4.78 is 31.7. The van der Waals surface area contributed by atoms with E-state index in [0.29, 0.717) is 24.5 Å². The summed E-state index contributed by atoms with van der Waals surface area (Å²) in [5, 5.41) is 3.85. The van der Waals surface area contributed by atoms with Crippen molar-refractivity contribution >= 4 is 21.8 Å². The lowest BCUT2D eigenvalue weighted by molar-refractivity contribution is -0.121. The molecule has 3 rings (SSSR count). The maximum atomic E-state index is 12.6. The van der Waals surface area contributed by atoms with Crippen molar-refractivity contribution in [3.8, 4) is 11.4 Å². The van der Waals surface area contributed by atoms with Gasteiger partial charge in [0.05, 0.1) is 4.90 Å². The van der Waals surface area contributed by atoms with Gasteiger partial charge in [-0.3, -0.25) is 25.4 Å². The number of carbonyl (C=O) groups excluding carboxylic acids is 2. The normalized spacial score (nSPS) is 11.4. The second-order valence-corrected chi connectivity index (χ2v) is 8.81. The Hall–Kier alpha value is -3.64. The molecule has 0 bridgehead atoms. The van der Waals surface area contributed by atoms with Crippen LogP contribution in [0.3, 0.4) is 0 Å². The third-order valence-electron chi connectivity index (χ3n) is 4.71. The van der Waals surface area contributed by atoms with Gasteiger partial charge in [-0.2, -0.15) is 9.29 Å². The van der Waals surface area contributed by atoms with Crippen LogP contribution >= 0.6 is 0 Å². The highest BCUT2D eigenvalue weighted by atomic mass is 32.2. The van der Waals surface area contributed by atoms with Crippen LogP contribution in [0.5, 0.6) is 0 Å². The van der Waals surface area contributed by atoms with Gasteiger partial charge in [0.15, 0.2) is 0 Å². The van der Waals surface area contributed by atoms with E-state index in [0.717, 1.165) is 0 Å². The topological polar surface area (TPSA) is 147 Å². The second-order valence-electron chi connectivity index (χ2n) is 6.87. The van der Waals surface area contributed by atoms with Crippen LogP contribution in [0, 0.1) is 0 Å². The van der Waals surface area contributed by atoms with E-state index in [1.807, 2.05) is 0 Å². The summed E-state index contributed by atoms with van der Waals surface area (Å²) in [6, 6.07) is 9.16. The fourth-order valence-corrected chi connectivity index (χ4v) is 4.47. The van der Waals surface area contributed by atoms with Crippen LogP contribution in [0.15, 0.2) is 58.2 Å². The van der Waals surface area contributed by atoms with E-state index < -0.39 is 21.8 Å². The zero-order chi connectivity index (χ0) is 23.8. The first-order valence-electron chi connectivity index (χ1n) is 10.3. The molecule has 12 heteroatoms. The molecule has 0 aliphatic rings. The molecule has 0 fully saturated rings. The number of carbonyl (C=O) groups is 2. The number of sulfonamides is 1. The first-order chi connectivity index (χ1) is 15.8. The average molecular weight is 473 g/mol. The highest BCUT2D eigenvalue weighted by Gasteiger charge is 2.22. The van der Waals surface area contributed by atoms with Crippen molar-refractivity contribution in [2.75, 3.05) is 13.1 Å². The Morgan fingerprint density at radius 2 is 1.88 bits per heavy atom. The molecule has 0 aliphatic heterocycles. The Morgan fingerprint density at radius 1 is 1.09 bits per heavy atom. The maximum absolute atomic E-state index is 12.6. The molecule has 0 radical (unpaired) electrons. The molecule has 0 saturated heterocycles. The number of benzene rings is 1. The molecule has 3 aromatic rings. The van der Waals surface area contributed by atoms with E-state index in [1.54, 1.807) is 38.4 Å². The van der Waals surface area contributed by atoms with Crippen molar-refractivity contribution < 1.29 is 22.5 Å². The zero-order valence-electron chi connectivity index (χ0n) is 18.2. The predicted octanol–water partition coefficient (Wildman–Crippen LogP) is 1.56. The highest BCUT2D eigenvalue weighted by Crippen LogP contribution is 2.17. The number of hydrogen-bond acceptors (Lipinski definition) is 8. The van der Waals surface area contributed by atoms with Crippen molar-refractivity contribution in [1.82, 2.24) is 30.3 Å². The fraction of sp³-hybridized carbons (Fsp3) is 0.286. The van der Waals surface area contributed by atoms with Crippen LogP contribution in [0.4, 0.5) is 0 Å². The van der Waals surface area contributed by atoms with Crippen molar-refractivity contribution in [1.29, 1.82) is 0 Å². The monoisotopic (exact) mass is 472 g/mol. The van der Waals surface area contributed by atoms with Gasteiger partial charge >= 0.3 is 0 Å². The molecule has 0 unspecified atom stereocenters. The number of nitrogens with one attached hydrogen (secondary N) is 2. The summed E-state index contributed by atoms with van der Waals surface area (Å²) in [5.74, 6) is -0.482. The SMILES string of the molecule is CCN(CC)S(=O)(=O)c1cccc(C(=O)NNC(=O)CCc2nc(-c3cccnc3)no2)c1. The lowest BCUT2D eigenvalue weighted by Crippen LogP contribution is -2.41. The summed E-state index contributed by atoms with van der Waals surface area (Å²) in [7, 11) is -3.71. The smallest absolute Gasteiger partial charge is 0.269 e. The minimum Gasteiger partial charge on any atom is -0.339 e. The van der Waals surface area contributed by atoms with Gasteiger partial charge in [-0.05, 0) is 30.3 Å². The fourth-order valence-electron chi connectivity index (χ4n) is 2.96. The zero-order valence-corrected chi connectivity index (χ0v) is 19.0. The summed E-state index contributed by atoms with van der Waals surface area (Å²) >= 11 is 0. The van der Waals surface area contributed by atoms with Gasteiger partial charge < -0.3 is 4.52 Å². The molecule has 174 valence electrons. The lowest BCUT2D eigenvalue weighted by Gasteiger charge is -2.18. The van der Waals surface area contributed by atoms with Crippen LogP contribution in [-0.2, 0) is 21.2 Å². The molecular weight excluding hydrogens is 448 g/mol. The molecule has 0 saturated carbocycles. The molecule has 1 aromatic carbocycles. The van der Waals surface area contributed by atoms with E-state index in [4.69, 9.17) is 4.52 Å². The molecule has 2 heterocycles. The summed E-state index contributed by atoms with van der Waals surface area (Å²) in [6.45, 7) is 4.10. The number of rotatable bonds is 9. The summed E-state index contributed by atoms with van der Waals surface area (Å²) in [4.78, 5) is 32.7. The highest BCUT2D eigenvalue weighted by molar-refractivity contribution is 7.89. The molecule has 2 N–H and O–H groups in total. The predicted molar refractivity (Wildman–Crippen MR) is 118 cm³/mol. The largest absolute Gasteiger partial charge is 0.339 e. The molecule has 0 spiro atoms. The van der Waals surface area contributed by atoms with E-state index in [1.165, 1.54) is 28.6 Å². The number of pyridine rings is 1. The Bertz CT molecular complexity index is 1210. The summed E-state index contributed by atoms with van der Waals surface area (Å²) in [5.41, 5.74) is 5.36. The number of amides is 2. The molecule has 0 aliphatic carbocycles. The van der Waals surface area contributed by atoms with Crippen molar-refractivity contribution in [2.24, 2.45) is 0 Å². The van der Waals surface area contributed by atoms with Crippen LogP contribution < -0.4 is 10.9 Å². The third kappa shape index (κ3) is 5.99. The van der Waals surface area contributed by atoms with E-state index in [-0.39, 0.29) is 29.2 Å². The first-order valence-corrected chi connectivity index (χ1v) is 11.7. The van der Waals surface area contributed by atoms with E-state index in [9.17, 15) is 18.0 Å². The number of hydrogen-bond donors (Lipinski definition) is 2. The minimum absolute atomic E-state index is 0.00555. The number of aromatic nitrogens is 3. The second kappa shape index (κ2) is 10.8. The van der Waals surface area contributed by atoms with Crippen molar-refractivity contribution in [3.05, 3.63) is 60.2 Å². The number of aryl methyl sites for hydroxylation is 1. The van der Waals surface area contributed by atoms with E-state index >= 15 is 0 Å². The van der Waals surface area contributed by atoms with Gasteiger partial charge in [0, 0.05) is 49.5 Å². The lowest BCUT2D eigenvalue weighted by atomic mass is 10.2. The molecule has 11 nitrogen and oxygen atoms in total. The van der Waals surface area contributed by atoms with Crippen LogP contribution in [-0.4, -0.2) is 52.8 Å². The summed E-state index contributed by atoms with van der Waals surface area (Å²) in [6.07, 6.45) is 3.39. The molecule has 2 aromatic heterocycles. The maximum Gasteiger partial charge on any atom is 0.269 e. The molecule has 2 amide bonds. The molecule has 33 heavy (non-hydrogen) atoms. The Balaban J connectivity index is 1.54. The van der Waals surface area contributed by atoms with Gasteiger partial charge in [0.1, 0.15) is 0 Å². The van der Waals surface area contributed by atoms with E-state index in [2.05, 4.69) is 26.0 Å². The van der Waals surface area contributed by atoms with Gasteiger partial charge in [0.25, 0.3) is 5.91 Å². The van der Waals surface area contributed by atoms with Crippen LogP contribution in [0.1, 0.15) is 36.5 Å². The van der Waals surface area contributed by atoms with Gasteiger partial charge in [0.2, 0.25) is 27.6 Å². The third-order valence-corrected chi connectivity index (χ3v) is 6.75. The van der Waals surface area contributed by atoms with Gasteiger partial charge in [-0.15, -0.1) is 0 Å². The Labute approximate surface area is 191 Å². The van der Waals surface area contributed by atoms with Crippen LogP contribution in [0.25, 0.3) is 11.4 Å². The Kier molecular flexibility index (Phi) is 7.85. The minimum atomic E-state index is -3.71. The van der Waals surface area contributed by atoms with Gasteiger partial charge in [-0.1, -0.05) is 25.1 Å². The van der Waals surface area contributed by atoms with Crippen molar-refractivity contribution in [2.45, 2.75) is 31.6 Å².